The van der Waals surface area contributed by atoms with Crippen molar-refractivity contribution in [2.45, 2.75) is 33.2 Å². The van der Waals surface area contributed by atoms with Crippen molar-refractivity contribution in [2.75, 3.05) is 6.61 Å². The number of carbonyl (C=O) groups excluding carboxylic acids is 1. The second kappa shape index (κ2) is 7.17. The van der Waals surface area contributed by atoms with E-state index in [-0.39, 0.29) is 24.5 Å². The van der Waals surface area contributed by atoms with Crippen molar-refractivity contribution in [3.8, 4) is 11.4 Å². The summed E-state index contributed by atoms with van der Waals surface area (Å²) in [6, 6.07) is 7.16. The Morgan fingerprint density at radius 2 is 2.18 bits per heavy atom. The fourth-order valence-corrected chi connectivity index (χ4v) is 2.23. The molecule has 0 aliphatic rings. The summed E-state index contributed by atoms with van der Waals surface area (Å²) in [4.78, 5) is 16.7. The highest BCUT2D eigenvalue weighted by Crippen LogP contribution is 2.17. The first-order valence-corrected chi connectivity index (χ1v) is 7.42. The zero-order valence-electron chi connectivity index (χ0n) is 13.1. The summed E-state index contributed by atoms with van der Waals surface area (Å²) in [6.07, 6.45) is 0.545. The molecule has 0 aliphatic carbocycles. The van der Waals surface area contributed by atoms with E-state index >= 15 is 0 Å². The standard InChI is InChI=1S/C16H22N4O2/c1-10(2)14(7-8-21)18-16(22)13-6-4-5-12(9-13)15-17-11(3)19-20-15/h4-6,9-10,14,21H,7-8H2,1-3H3,(H,18,22)(H,17,19,20). The number of aryl methyl sites for hydroxylation is 1. The maximum absolute atomic E-state index is 12.4. The van der Waals surface area contributed by atoms with Crippen LogP contribution in [0.2, 0.25) is 0 Å². The number of aromatic nitrogens is 3. The second-order valence-corrected chi connectivity index (χ2v) is 5.66. The summed E-state index contributed by atoms with van der Waals surface area (Å²) in [5.74, 6) is 1.41. The van der Waals surface area contributed by atoms with Gasteiger partial charge in [0.1, 0.15) is 5.82 Å². The summed E-state index contributed by atoms with van der Waals surface area (Å²) < 4.78 is 0. The van der Waals surface area contributed by atoms with E-state index in [9.17, 15) is 4.79 Å². The van der Waals surface area contributed by atoms with Crippen LogP contribution in [0, 0.1) is 12.8 Å². The fourth-order valence-electron chi connectivity index (χ4n) is 2.23. The van der Waals surface area contributed by atoms with E-state index < -0.39 is 0 Å². The lowest BCUT2D eigenvalue weighted by atomic mass is 10.0. The van der Waals surface area contributed by atoms with Gasteiger partial charge in [0.2, 0.25) is 0 Å². The number of aromatic amines is 1. The maximum atomic E-state index is 12.4. The predicted octanol–water partition coefficient (Wildman–Crippen LogP) is 1.92. The van der Waals surface area contributed by atoms with Crippen LogP contribution in [0.25, 0.3) is 11.4 Å². The first-order valence-electron chi connectivity index (χ1n) is 7.42. The molecule has 1 aromatic carbocycles. The van der Waals surface area contributed by atoms with Gasteiger partial charge in [0.25, 0.3) is 5.91 Å². The number of hydrogen-bond donors (Lipinski definition) is 3. The van der Waals surface area contributed by atoms with Gasteiger partial charge in [-0.15, -0.1) is 0 Å². The molecule has 6 heteroatoms. The Balaban J connectivity index is 2.16. The number of aliphatic hydroxyl groups is 1. The number of carbonyl (C=O) groups is 1. The molecule has 0 saturated carbocycles. The van der Waals surface area contributed by atoms with Gasteiger partial charge in [0.05, 0.1) is 0 Å². The molecular formula is C16H22N4O2. The van der Waals surface area contributed by atoms with Crippen LogP contribution < -0.4 is 5.32 Å². The van der Waals surface area contributed by atoms with Gasteiger partial charge in [0, 0.05) is 23.8 Å². The monoisotopic (exact) mass is 302 g/mol. The van der Waals surface area contributed by atoms with Crippen LogP contribution in [0.3, 0.4) is 0 Å². The predicted molar refractivity (Wildman–Crippen MR) is 84.4 cm³/mol. The molecule has 1 aromatic heterocycles. The van der Waals surface area contributed by atoms with E-state index in [0.717, 1.165) is 11.4 Å². The van der Waals surface area contributed by atoms with Gasteiger partial charge in [-0.25, -0.2) is 4.98 Å². The molecule has 3 N–H and O–H groups in total. The zero-order chi connectivity index (χ0) is 16.1. The Labute approximate surface area is 130 Å². The normalized spacial score (nSPS) is 12.4. The van der Waals surface area contributed by atoms with Crippen LogP contribution in [-0.4, -0.2) is 38.8 Å². The molecule has 0 saturated heterocycles. The van der Waals surface area contributed by atoms with E-state index in [1.54, 1.807) is 12.1 Å². The van der Waals surface area contributed by atoms with Crippen LogP contribution in [-0.2, 0) is 0 Å². The smallest absolute Gasteiger partial charge is 0.251 e. The highest BCUT2D eigenvalue weighted by molar-refractivity contribution is 5.95. The van der Waals surface area contributed by atoms with Gasteiger partial charge in [0.15, 0.2) is 5.82 Å². The molecule has 0 bridgehead atoms. The van der Waals surface area contributed by atoms with Gasteiger partial charge in [-0.2, -0.15) is 5.10 Å². The number of amides is 1. The summed E-state index contributed by atoms with van der Waals surface area (Å²) in [5.41, 5.74) is 1.35. The average molecular weight is 302 g/mol. The Morgan fingerprint density at radius 1 is 1.41 bits per heavy atom. The molecule has 1 atom stereocenters. The topological polar surface area (TPSA) is 90.9 Å². The fraction of sp³-hybridized carbons (Fsp3) is 0.438. The molecule has 2 rings (SSSR count). The Hall–Kier alpha value is -2.21. The third kappa shape index (κ3) is 3.92. The molecule has 0 spiro atoms. The van der Waals surface area contributed by atoms with E-state index in [0.29, 0.717) is 17.8 Å². The second-order valence-electron chi connectivity index (χ2n) is 5.66. The number of benzene rings is 1. The maximum Gasteiger partial charge on any atom is 0.251 e. The van der Waals surface area contributed by atoms with Crippen molar-refractivity contribution in [1.82, 2.24) is 20.5 Å². The lowest BCUT2D eigenvalue weighted by Crippen LogP contribution is -2.39. The van der Waals surface area contributed by atoms with E-state index in [1.807, 2.05) is 32.9 Å². The van der Waals surface area contributed by atoms with Gasteiger partial charge in [-0.05, 0) is 31.4 Å². The minimum Gasteiger partial charge on any atom is -0.396 e. The number of nitrogens with one attached hydrogen (secondary N) is 2. The first-order chi connectivity index (χ1) is 10.5. The highest BCUT2D eigenvalue weighted by atomic mass is 16.3. The van der Waals surface area contributed by atoms with Gasteiger partial charge in [-0.3, -0.25) is 9.89 Å². The van der Waals surface area contributed by atoms with Gasteiger partial charge in [-0.1, -0.05) is 26.0 Å². The van der Waals surface area contributed by atoms with Gasteiger partial charge < -0.3 is 10.4 Å². The number of aliphatic hydroxyl groups excluding tert-OH is 1. The van der Waals surface area contributed by atoms with Crippen molar-refractivity contribution < 1.29 is 9.90 Å². The molecule has 1 unspecified atom stereocenters. The number of rotatable bonds is 6. The first kappa shape index (κ1) is 16.2. The summed E-state index contributed by atoms with van der Waals surface area (Å²) in [7, 11) is 0. The largest absolute Gasteiger partial charge is 0.396 e. The van der Waals surface area contributed by atoms with Crippen LogP contribution in [0.15, 0.2) is 24.3 Å². The van der Waals surface area contributed by atoms with Crippen LogP contribution in [0.1, 0.15) is 36.5 Å². The summed E-state index contributed by atoms with van der Waals surface area (Å²) in [5, 5.41) is 19.0. The lowest BCUT2D eigenvalue weighted by Gasteiger charge is -2.21. The van der Waals surface area contributed by atoms with Crippen LogP contribution in [0.5, 0.6) is 0 Å². The molecular weight excluding hydrogens is 280 g/mol. The highest BCUT2D eigenvalue weighted by Gasteiger charge is 2.17. The third-order valence-corrected chi connectivity index (χ3v) is 3.54. The molecule has 118 valence electrons. The molecule has 0 aliphatic heterocycles. The van der Waals surface area contributed by atoms with Crippen molar-refractivity contribution in [3.63, 3.8) is 0 Å². The number of nitrogens with zero attached hydrogens (tertiary/aromatic N) is 2. The van der Waals surface area contributed by atoms with Crippen LogP contribution >= 0.6 is 0 Å². The quantitative estimate of drug-likeness (QED) is 0.760. The molecule has 1 heterocycles. The molecule has 0 fully saturated rings. The lowest BCUT2D eigenvalue weighted by molar-refractivity contribution is 0.0916. The van der Waals surface area contributed by atoms with Crippen molar-refractivity contribution >= 4 is 5.91 Å². The minimum absolute atomic E-state index is 0.0492. The summed E-state index contributed by atoms with van der Waals surface area (Å²) in [6.45, 7) is 5.93. The minimum atomic E-state index is -0.152. The average Bonchev–Trinajstić information content (AvgIpc) is 2.93. The molecule has 2 aromatic rings. The summed E-state index contributed by atoms with van der Waals surface area (Å²) >= 11 is 0. The molecule has 22 heavy (non-hydrogen) atoms. The molecule has 1 amide bonds. The number of H-pyrrole nitrogens is 1. The van der Waals surface area contributed by atoms with Crippen molar-refractivity contribution in [1.29, 1.82) is 0 Å². The molecule has 0 radical (unpaired) electrons. The van der Waals surface area contributed by atoms with Gasteiger partial charge >= 0.3 is 0 Å². The van der Waals surface area contributed by atoms with Crippen molar-refractivity contribution in [3.05, 3.63) is 35.7 Å². The Bertz CT molecular complexity index is 637. The Morgan fingerprint density at radius 3 is 2.77 bits per heavy atom. The van der Waals surface area contributed by atoms with Crippen molar-refractivity contribution in [2.24, 2.45) is 5.92 Å². The number of hydrogen-bond acceptors (Lipinski definition) is 4. The Kier molecular flexibility index (Phi) is 5.27. The third-order valence-electron chi connectivity index (χ3n) is 3.54. The van der Waals surface area contributed by atoms with E-state index in [2.05, 4.69) is 20.5 Å². The van der Waals surface area contributed by atoms with E-state index in [1.165, 1.54) is 0 Å². The zero-order valence-corrected chi connectivity index (χ0v) is 13.1. The van der Waals surface area contributed by atoms with E-state index in [4.69, 9.17) is 5.11 Å². The molecule has 6 nitrogen and oxygen atoms in total. The van der Waals surface area contributed by atoms with Crippen LogP contribution in [0.4, 0.5) is 0 Å². The SMILES string of the molecule is Cc1nc(-c2cccc(C(=O)NC(CCO)C(C)C)c2)n[nH]1.